The number of aliphatic hydroxyl groups excluding tert-OH is 1. The van der Waals surface area contributed by atoms with Crippen LogP contribution in [0.4, 0.5) is 0 Å². The van der Waals surface area contributed by atoms with Crippen molar-refractivity contribution < 1.29 is 19.8 Å². The summed E-state index contributed by atoms with van der Waals surface area (Å²) in [5, 5.41) is 15.0. The Balaban J connectivity index is 0. The Kier molecular flexibility index (Phi) is 12.0. The molecule has 0 rings (SSSR count). The predicted molar refractivity (Wildman–Crippen MR) is 21.8 cm³/mol. The summed E-state index contributed by atoms with van der Waals surface area (Å²) < 4.78 is 0. The lowest BCUT2D eigenvalue weighted by Crippen LogP contribution is -1.98. The Hall–Kier alpha value is -0.900. The van der Waals surface area contributed by atoms with Crippen molar-refractivity contribution in [1.82, 2.24) is 0 Å². The van der Waals surface area contributed by atoms with Crippen LogP contribution in [-0.4, -0.2) is 29.6 Å². The fraction of sp³-hybridized carbons (Fsp3) is 0.333. The van der Waals surface area contributed by atoms with Crippen LogP contribution in [-0.2, 0) is 9.59 Å². The quantitative estimate of drug-likeness (QED) is 0.444. The molecule has 0 amide bonds. The molecule has 0 aromatic rings. The average molecular weight is 106 g/mol. The van der Waals surface area contributed by atoms with E-state index in [0.717, 1.165) is 0 Å². The molecule has 0 heterocycles. The molecule has 2 N–H and O–H groups in total. The van der Waals surface area contributed by atoms with Crippen LogP contribution >= 0.6 is 0 Å². The SMILES string of the molecule is C=O.O=C(O)CO. The first-order valence-corrected chi connectivity index (χ1v) is 1.39. The topological polar surface area (TPSA) is 74.6 Å². The zero-order valence-corrected chi connectivity index (χ0v) is 3.63. The molecule has 4 heteroatoms. The normalized spacial score (nSPS) is 5.86. The van der Waals surface area contributed by atoms with Gasteiger partial charge in [0.05, 0.1) is 0 Å². The Morgan fingerprint density at radius 1 is 1.57 bits per heavy atom. The number of hydrogen-bond acceptors (Lipinski definition) is 3. The van der Waals surface area contributed by atoms with Crippen LogP contribution < -0.4 is 0 Å². The van der Waals surface area contributed by atoms with Gasteiger partial charge in [0.25, 0.3) is 0 Å². The molecule has 0 spiro atoms. The largest absolute Gasteiger partial charge is 0.480 e. The molecule has 0 aromatic heterocycles. The fourth-order valence-electron chi connectivity index (χ4n) is 0. The Bertz CT molecular complexity index is 50.9. The molecule has 0 bridgehead atoms. The molecule has 0 saturated carbocycles. The standard InChI is InChI=1S/C2H4O3.CH2O/c3-1-2(4)5;1-2/h3H,1H2,(H,4,5);1H2. The molecule has 0 saturated heterocycles. The van der Waals surface area contributed by atoms with E-state index < -0.39 is 12.6 Å². The van der Waals surface area contributed by atoms with E-state index in [1.165, 1.54) is 0 Å². The first-order valence-electron chi connectivity index (χ1n) is 1.39. The van der Waals surface area contributed by atoms with Crippen LogP contribution in [0.15, 0.2) is 0 Å². The van der Waals surface area contributed by atoms with Crippen molar-refractivity contribution >= 4 is 12.8 Å². The Morgan fingerprint density at radius 3 is 1.71 bits per heavy atom. The molecule has 42 valence electrons. The number of hydrogen-bond donors (Lipinski definition) is 2. The highest BCUT2D eigenvalue weighted by atomic mass is 16.4. The number of rotatable bonds is 1. The summed E-state index contributed by atoms with van der Waals surface area (Å²) in [7, 11) is 0. The van der Waals surface area contributed by atoms with Gasteiger partial charge in [-0.3, -0.25) is 0 Å². The van der Waals surface area contributed by atoms with E-state index in [2.05, 4.69) is 0 Å². The molecule has 4 nitrogen and oxygen atoms in total. The second-order valence-electron chi connectivity index (χ2n) is 0.552. The van der Waals surface area contributed by atoms with Crippen molar-refractivity contribution in [2.45, 2.75) is 0 Å². The summed E-state index contributed by atoms with van der Waals surface area (Å²) in [4.78, 5) is 17.1. The summed E-state index contributed by atoms with van der Waals surface area (Å²) in [5.74, 6) is -1.19. The van der Waals surface area contributed by atoms with E-state index in [-0.39, 0.29) is 0 Å². The minimum atomic E-state index is -1.19. The summed E-state index contributed by atoms with van der Waals surface area (Å²) >= 11 is 0. The smallest absolute Gasteiger partial charge is 0.329 e. The van der Waals surface area contributed by atoms with Gasteiger partial charge in [-0.15, -0.1) is 0 Å². The van der Waals surface area contributed by atoms with E-state index in [1.54, 1.807) is 0 Å². The molecule has 0 aliphatic heterocycles. The highest BCUT2D eigenvalue weighted by Gasteiger charge is 1.82. The molecule has 0 unspecified atom stereocenters. The van der Waals surface area contributed by atoms with E-state index in [4.69, 9.17) is 19.8 Å². The van der Waals surface area contributed by atoms with Crippen molar-refractivity contribution in [3.05, 3.63) is 0 Å². The van der Waals surface area contributed by atoms with E-state index in [1.807, 2.05) is 6.79 Å². The average Bonchev–Trinajstić information content (AvgIpc) is 1.73. The van der Waals surface area contributed by atoms with Gasteiger partial charge >= 0.3 is 5.97 Å². The maximum atomic E-state index is 9.12. The van der Waals surface area contributed by atoms with Gasteiger partial charge in [-0.05, 0) is 0 Å². The van der Waals surface area contributed by atoms with Gasteiger partial charge < -0.3 is 15.0 Å². The van der Waals surface area contributed by atoms with Crippen molar-refractivity contribution in [1.29, 1.82) is 0 Å². The van der Waals surface area contributed by atoms with Gasteiger partial charge in [0.2, 0.25) is 0 Å². The highest BCUT2D eigenvalue weighted by molar-refractivity contribution is 5.67. The molecule has 0 aliphatic rings. The van der Waals surface area contributed by atoms with Crippen molar-refractivity contribution in [2.75, 3.05) is 6.61 Å². The first-order chi connectivity index (χ1) is 3.27. The third-order valence-corrected chi connectivity index (χ3v) is 0.135. The molecule has 0 aliphatic carbocycles. The Morgan fingerprint density at radius 2 is 1.71 bits per heavy atom. The van der Waals surface area contributed by atoms with Gasteiger partial charge in [-0.2, -0.15) is 0 Å². The van der Waals surface area contributed by atoms with Crippen LogP contribution in [0.25, 0.3) is 0 Å². The van der Waals surface area contributed by atoms with E-state index in [0.29, 0.717) is 0 Å². The molecule has 0 radical (unpaired) electrons. The zero-order valence-electron chi connectivity index (χ0n) is 3.63. The predicted octanol–water partition coefficient (Wildman–Crippen LogP) is -1.12. The van der Waals surface area contributed by atoms with Gasteiger partial charge in [-0.1, -0.05) is 0 Å². The number of carboxylic acid groups (broad SMARTS) is 1. The summed E-state index contributed by atoms with van der Waals surface area (Å²) in [6.07, 6.45) is 0. The number of carbonyl (C=O) groups excluding carboxylic acids is 1. The van der Waals surface area contributed by atoms with Crippen LogP contribution in [0.5, 0.6) is 0 Å². The van der Waals surface area contributed by atoms with Gasteiger partial charge in [-0.25, -0.2) is 4.79 Å². The molecule has 0 atom stereocenters. The molecule has 7 heavy (non-hydrogen) atoms. The lowest BCUT2D eigenvalue weighted by molar-refractivity contribution is -0.140. The van der Waals surface area contributed by atoms with Crippen LogP contribution in [0.1, 0.15) is 0 Å². The molecule has 0 fully saturated rings. The maximum absolute atomic E-state index is 9.12. The third kappa shape index (κ3) is 40.5. The minimum Gasteiger partial charge on any atom is -0.480 e. The zero-order chi connectivity index (χ0) is 6.28. The molecular weight excluding hydrogens is 100 g/mol. The summed E-state index contributed by atoms with van der Waals surface area (Å²) in [6, 6.07) is 0. The fourth-order valence-corrected chi connectivity index (χ4v) is 0. The maximum Gasteiger partial charge on any atom is 0.329 e. The number of aliphatic hydroxyl groups is 1. The minimum absolute atomic E-state index is 0.778. The number of carboxylic acids is 1. The first kappa shape index (κ1) is 9.44. The second-order valence-corrected chi connectivity index (χ2v) is 0.552. The van der Waals surface area contributed by atoms with Crippen LogP contribution in [0.2, 0.25) is 0 Å². The summed E-state index contributed by atoms with van der Waals surface area (Å²) in [5.41, 5.74) is 0. The lowest BCUT2D eigenvalue weighted by Gasteiger charge is -1.72. The van der Waals surface area contributed by atoms with E-state index in [9.17, 15) is 0 Å². The van der Waals surface area contributed by atoms with Crippen molar-refractivity contribution in [3.8, 4) is 0 Å². The highest BCUT2D eigenvalue weighted by Crippen LogP contribution is 1.48. The molecular formula is C3H6O4. The third-order valence-electron chi connectivity index (χ3n) is 0.135. The Labute approximate surface area is 40.4 Å². The van der Waals surface area contributed by atoms with Gasteiger partial charge in [0.1, 0.15) is 13.4 Å². The molecule has 0 aromatic carbocycles. The monoisotopic (exact) mass is 106 g/mol. The van der Waals surface area contributed by atoms with Gasteiger partial charge in [0.15, 0.2) is 0 Å². The number of aliphatic carboxylic acids is 1. The summed E-state index contributed by atoms with van der Waals surface area (Å²) in [6.45, 7) is 1.22. The van der Waals surface area contributed by atoms with Crippen molar-refractivity contribution in [3.63, 3.8) is 0 Å². The van der Waals surface area contributed by atoms with Gasteiger partial charge in [0, 0.05) is 0 Å². The van der Waals surface area contributed by atoms with Crippen LogP contribution in [0.3, 0.4) is 0 Å². The second kappa shape index (κ2) is 8.92. The van der Waals surface area contributed by atoms with E-state index >= 15 is 0 Å². The lowest BCUT2D eigenvalue weighted by atomic mass is 10.8. The van der Waals surface area contributed by atoms with Crippen molar-refractivity contribution in [2.24, 2.45) is 0 Å². The number of carbonyl (C=O) groups is 2. The van der Waals surface area contributed by atoms with Crippen LogP contribution in [0, 0.1) is 0 Å².